The van der Waals surface area contributed by atoms with Gasteiger partial charge in [-0.1, -0.05) is 6.42 Å². The van der Waals surface area contributed by atoms with Crippen LogP contribution in [0.1, 0.15) is 38.5 Å². The van der Waals surface area contributed by atoms with E-state index >= 15 is 0 Å². The maximum absolute atomic E-state index is 12.4. The van der Waals surface area contributed by atoms with E-state index in [0.717, 1.165) is 25.2 Å². The van der Waals surface area contributed by atoms with Gasteiger partial charge in [0.2, 0.25) is 15.9 Å². The molecule has 114 valence electrons. The van der Waals surface area contributed by atoms with Gasteiger partial charge in [0.25, 0.3) is 0 Å². The number of amides is 1. The lowest BCUT2D eigenvalue weighted by atomic mass is 9.93. The Balaban J connectivity index is 1.57. The first-order chi connectivity index (χ1) is 9.43. The molecule has 6 heteroatoms. The number of piperidine rings is 1. The van der Waals surface area contributed by atoms with Crippen molar-refractivity contribution in [2.24, 2.45) is 17.8 Å². The first kappa shape index (κ1) is 14.3. The molecule has 1 saturated heterocycles. The Morgan fingerprint density at radius 2 is 2.00 bits per heavy atom. The Labute approximate surface area is 121 Å². The van der Waals surface area contributed by atoms with Crippen molar-refractivity contribution in [3.63, 3.8) is 0 Å². The highest BCUT2D eigenvalue weighted by atomic mass is 32.2. The normalized spacial score (nSPS) is 38.0. The summed E-state index contributed by atoms with van der Waals surface area (Å²) in [6.07, 6.45) is 7.77. The van der Waals surface area contributed by atoms with Crippen LogP contribution in [-0.4, -0.2) is 44.0 Å². The van der Waals surface area contributed by atoms with Crippen LogP contribution in [0.25, 0.3) is 0 Å². The van der Waals surface area contributed by atoms with Crippen molar-refractivity contribution in [1.82, 2.24) is 9.62 Å². The molecule has 2 saturated carbocycles. The van der Waals surface area contributed by atoms with Crippen molar-refractivity contribution in [3.05, 3.63) is 0 Å². The first-order valence-electron chi connectivity index (χ1n) is 7.69. The van der Waals surface area contributed by atoms with Gasteiger partial charge in [-0.3, -0.25) is 4.79 Å². The smallest absolute Gasteiger partial charge is 0.224 e. The molecule has 4 atom stereocenters. The molecular weight excluding hydrogens is 276 g/mol. The zero-order valence-electron chi connectivity index (χ0n) is 12.0. The molecule has 1 amide bonds. The van der Waals surface area contributed by atoms with Gasteiger partial charge in [-0.15, -0.1) is 0 Å². The maximum Gasteiger partial charge on any atom is 0.224 e. The van der Waals surface area contributed by atoms with E-state index in [-0.39, 0.29) is 11.8 Å². The second-order valence-corrected chi connectivity index (χ2v) is 8.73. The summed E-state index contributed by atoms with van der Waals surface area (Å²) in [6.45, 7) is 0.905. The van der Waals surface area contributed by atoms with E-state index in [1.54, 1.807) is 0 Å². The predicted octanol–water partition coefficient (Wildman–Crippen LogP) is 0.963. The summed E-state index contributed by atoms with van der Waals surface area (Å²) in [5.74, 6) is 1.37. The fourth-order valence-electron chi connectivity index (χ4n) is 4.18. The molecule has 1 heterocycles. The molecule has 3 fully saturated rings. The summed E-state index contributed by atoms with van der Waals surface area (Å²) in [5, 5.41) is 3.19. The second kappa shape index (κ2) is 5.30. The van der Waals surface area contributed by atoms with Gasteiger partial charge < -0.3 is 5.32 Å². The monoisotopic (exact) mass is 300 g/mol. The number of carbonyl (C=O) groups is 1. The number of fused-ring (bicyclic) bond motifs is 2. The molecule has 2 bridgehead atoms. The number of rotatable bonds is 3. The Bertz CT molecular complexity index is 491. The molecule has 20 heavy (non-hydrogen) atoms. The van der Waals surface area contributed by atoms with E-state index in [1.165, 1.54) is 29.8 Å². The SMILES string of the molecule is CS(=O)(=O)N1CCC[C@@H](C(=O)N[C@@H]2C[C@H]3CC[C@H]2C3)C1. The molecule has 0 aromatic carbocycles. The van der Waals surface area contributed by atoms with E-state index in [4.69, 9.17) is 0 Å². The van der Waals surface area contributed by atoms with Crippen LogP contribution in [0.2, 0.25) is 0 Å². The third-order valence-electron chi connectivity index (χ3n) is 5.29. The average molecular weight is 300 g/mol. The fraction of sp³-hybridized carbons (Fsp3) is 0.929. The van der Waals surface area contributed by atoms with E-state index in [1.807, 2.05) is 0 Å². The number of carbonyl (C=O) groups excluding carboxylic acids is 1. The van der Waals surface area contributed by atoms with Crippen molar-refractivity contribution in [1.29, 1.82) is 0 Å². The van der Waals surface area contributed by atoms with E-state index in [0.29, 0.717) is 25.0 Å². The molecular formula is C14H24N2O3S. The van der Waals surface area contributed by atoms with Crippen molar-refractivity contribution >= 4 is 15.9 Å². The molecule has 0 unspecified atom stereocenters. The molecule has 1 N–H and O–H groups in total. The van der Waals surface area contributed by atoms with Crippen molar-refractivity contribution in [2.75, 3.05) is 19.3 Å². The molecule has 2 aliphatic carbocycles. The van der Waals surface area contributed by atoms with Crippen molar-refractivity contribution in [2.45, 2.75) is 44.6 Å². The van der Waals surface area contributed by atoms with Gasteiger partial charge in [0.1, 0.15) is 0 Å². The Morgan fingerprint density at radius 3 is 2.60 bits per heavy atom. The summed E-state index contributed by atoms with van der Waals surface area (Å²) >= 11 is 0. The number of sulfonamides is 1. The predicted molar refractivity (Wildman–Crippen MR) is 76.5 cm³/mol. The molecule has 3 rings (SSSR count). The van der Waals surface area contributed by atoms with Crippen molar-refractivity contribution < 1.29 is 13.2 Å². The molecule has 0 radical (unpaired) electrons. The summed E-state index contributed by atoms with van der Waals surface area (Å²) in [6, 6.07) is 0.342. The van der Waals surface area contributed by atoms with Crippen LogP contribution in [0.5, 0.6) is 0 Å². The summed E-state index contributed by atoms with van der Waals surface area (Å²) < 4.78 is 24.6. The standard InChI is InChI=1S/C14H24N2O3S/c1-20(18,19)16-6-2-3-12(9-16)14(17)15-13-8-10-4-5-11(13)7-10/h10-13H,2-9H2,1H3,(H,15,17)/t10-,11-,12+,13+/m0/s1. The number of nitrogens with one attached hydrogen (secondary N) is 1. The second-order valence-electron chi connectivity index (χ2n) is 6.75. The highest BCUT2D eigenvalue weighted by Crippen LogP contribution is 2.44. The van der Waals surface area contributed by atoms with Gasteiger partial charge in [-0.05, 0) is 43.9 Å². The van der Waals surface area contributed by atoms with Crippen LogP contribution in [0.15, 0.2) is 0 Å². The largest absolute Gasteiger partial charge is 0.353 e. The van der Waals surface area contributed by atoms with E-state index in [9.17, 15) is 13.2 Å². The van der Waals surface area contributed by atoms with Gasteiger partial charge in [0, 0.05) is 19.1 Å². The van der Waals surface area contributed by atoms with Gasteiger partial charge in [0.05, 0.1) is 12.2 Å². The van der Waals surface area contributed by atoms with Gasteiger partial charge in [-0.2, -0.15) is 0 Å². The summed E-state index contributed by atoms with van der Waals surface area (Å²) in [4.78, 5) is 12.4. The van der Waals surface area contributed by atoms with Crippen LogP contribution in [-0.2, 0) is 14.8 Å². The maximum atomic E-state index is 12.4. The highest BCUT2D eigenvalue weighted by Gasteiger charge is 2.41. The molecule has 0 aromatic rings. The van der Waals surface area contributed by atoms with Crippen LogP contribution in [0.4, 0.5) is 0 Å². The molecule has 0 aromatic heterocycles. The molecule has 5 nitrogen and oxygen atoms in total. The van der Waals surface area contributed by atoms with Crippen molar-refractivity contribution in [3.8, 4) is 0 Å². The summed E-state index contributed by atoms with van der Waals surface area (Å²) in [5.41, 5.74) is 0. The first-order valence-corrected chi connectivity index (χ1v) is 9.54. The van der Waals surface area contributed by atoms with Gasteiger partial charge in [0.15, 0.2) is 0 Å². The Kier molecular flexibility index (Phi) is 3.79. The Hall–Kier alpha value is -0.620. The zero-order valence-corrected chi connectivity index (χ0v) is 12.9. The number of nitrogens with zero attached hydrogens (tertiary/aromatic N) is 1. The zero-order chi connectivity index (χ0) is 14.3. The van der Waals surface area contributed by atoms with Crippen LogP contribution in [0, 0.1) is 17.8 Å². The molecule has 3 aliphatic rings. The Morgan fingerprint density at radius 1 is 1.20 bits per heavy atom. The minimum atomic E-state index is -3.17. The quantitative estimate of drug-likeness (QED) is 0.844. The number of hydrogen-bond donors (Lipinski definition) is 1. The number of hydrogen-bond acceptors (Lipinski definition) is 3. The van der Waals surface area contributed by atoms with Crippen LogP contribution < -0.4 is 5.32 Å². The summed E-state index contributed by atoms with van der Waals surface area (Å²) in [7, 11) is -3.17. The van der Waals surface area contributed by atoms with E-state index in [2.05, 4.69) is 5.32 Å². The van der Waals surface area contributed by atoms with Crippen LogP contribution >= 0.6 is 0 Å². The van der Waals surface area contributed by atoms with Crippen LogP contribution in [0.3, 0.4) is 0 Å². The third kappa shape index (κ3) is 2.86. The van der Waals surface area contributed by atoms with E-state index < -0.39 is 10.0 Å². The minimum absolute atomic E-state index is 0.0656. The average Bonchev–Trinajstić information content (AvgIpc) is 3.00. The third-order valence-corrected chi connectivity index (χ3v) is 6.56. The lowest BCUT2D eigenvalue weighted by molar-refractivity contribution is -0.127. The molecule has 1 aliphatic heterocycles. The van der Waals surface area contributed by atoms with Gasteiger partial charge in [-0.25, -0.2) is 12.7 Å². The lowest BCUT2D eigenvalue weighted by Crippen LogP contribution is -2.48. The lowest BCUT2D eigenvalue weighted by Gasteiger charge is -2.32. The van der Waals surface area contributed by atoms with Gasteiger partial charge >= 0.3 is 0 Å². The fourth-order valence-corrected chi connectivity index (χ4v) is 5.09. The molecule has 0 spiro atoms. The topological polar surface area (TPSA) is 66.5 Å². The highest BCUT2D eigenvalue weighted by molar-refractivity contribution is 7.88. The minimum Gasteiger partial charge on any atom is -0.353 e.